The van der Waals surface area contributed by atoms with E-state index >= 15 is 0 Å². The van der Waals surface area contributed by atoms with Crippen LogP contribution in [0.3, 0.4) is 0 Å². The third kappa shape index (κ3) is 3.16. The maximum Gasteiger partial charge on any atom is 0.122 e. The molecule has 0 aromatic heterocycles. The lowest BCUT2D eigenvalue weighted by Crippen LogP contribution is -2.50. The van der Waals surface area contributed by atoms with E-state index in [1.54, 1.807) is 19.2 Å². The second-order valence-corrected chi connectivity index (χ2v) is 6.06. The normalized spacial score (nSPS) is 15.3. The van der Waals surface area contributed by atoms with Crippen molar-refractivity contribution in [2.75, 3.05) is 13.7 Å². The van der Waals surface area contributed by atoms with Crippen molar-refractivity contribution in [3.63, 3.8) is 0 Å². The highest BCUT2D eigenvalue weighted by atomic mass is 35.5. The van der Waals surface area contributed by atoms with Crippen LogP contribution < -0.4 is 10.5 Å². The van der Waals surface area contributed by atoms with Crippen LogP contribution in [0.4, 0.5) is 0 Å². The summed E-state index contributed by atoms with van der Waals surface area (Å²) in [7, 11) is 1.60. The zero-order chi connectivity index (χ0) is 14.0. The van der Waals surface area contributed by atoms with Crippen LogP contribution in [0.2, 0.25) is 5.02 Å². The largest absolute Gasteiger partial charge is 0.496 e. The van der Waals surface area contributed by atoms with Crippen LogP contribution >= 0.6 is 11.6 Å². The molecule has 0 heterocycles. The van der Waals surface area contributed by atoms with Gasteiger partial charge in [-0.25, -0.2) is 0 Å². The lowest BCUT2D eigenvalue weighted by Gasteiger charge is -2.39. The number of methoxy groups -OCH3 is 1. The second-order valence-electron chi connectivity index (χ2n) is 5.62. The third-order valence-electron chi connectivity index (χ3n) is 3.46. The van der Waals surface area contributed by atoms with Crippen molar-refractivity contribution < 1.29 is 9.84 Å². The fourth-order valence-corrected chi connectivity index (χ4v) is 2.04. The number of benzene rings is 1. The van der Waals surface area contributed by atoms with Crippen LogP contribution in [0, 0.1) is 5.41 Å². The van der Waals surface area contributed by atoms with Gasteiger partial charge in [0, 0.05) is 18.0 Å². The molecular formula is C14H22ClNO2. The Morgan fingerprint density at radius 3 is 2.39 bits per heavy atom. The molecule has 4 heteroatoms. The van der Waals surface area contributed by atoms with E-state index in [4.69, 9.17) is 22.1 Å². The number of rotatable bonds is 4. The van der Waals surface area contributed by atoms with Crippen molar-refractivity contribution in [3.8, 4) is 5.75 Å². The molecule has 1 rings (SSSR count). The molecule has 1 unspecified atom stereocenters. The average molecular weight is 272 g/mol. The van der Waals surface area contributed by atoms with Gasteiger partial charge in [-0.1, -0.05) is 32.4 Å². The van der Waals surface area contributed by atoms with Gasteiger partial charge in [-0.05, 0) is 29.2 Å². The first-order valence-electron chi connectivity index (χ1n) is 5.98. The molecule has 1 aromatic carbocycles. The Balaban J connectivity index is 3.12. The van der Waals surface area contributed by atoms with E-state index in [9.17, 15) is 5.11 Å². The van der Waals surface area contributed by atoms with Gasteiger partial charge in [0.2, 0.25) is 0 Å². The van der Waals surface area contributed by atoms with Crippen LogP contribution in [0.25, 0.3) is 0 Å². The van der Waals surface area contributed by atoms with Gasteiger partial charge in [0.05, 0.1) is 12.7 Å². The van der Waals surface area contributed by atoms with Crippen LogP contribution in [-0.4, -0.2) is 24.4 Å². The molecule has 0 spiro atoms. The summed E-state index contributed by atoms with van der Waals surface area (Å²) in [5.74, 6) is 0.718. The summed E-state index contributed by atoms with van der Waals surface area (Å²) in [6.45, 7) is 6.09. The topological polar surface area (TPSA) is 55.5 Å². The standard InChI is InChI=1S/C14H22ClNO2/c1-13(2,3)14(17,9-16)8-10-7-11(15)5-6-12(10)18-4/h5-7,17H,8-9,16H2,1-4H3. The molecule has 3 nitrogen and oxygen atoms in total. The molecule has 0 aliphatic heterocycles. The van der Waals surface area contributed by atoms with E-state index in [0.717, 1.165) is 11.3 Å². The van der Waals surface area contributed by atoms with Crippen molar-refractivity contribution in [2.24, 2.45) is 11.1 Å². The van der Waals surface area contributed by atoms with Crippen molar-refractivity contribution >= 4 is 11.6 Å². The predicted molar refractivity (Wildman–Crippen MR) is 75.2 cm³/mol. The molecule has 0 saturated carbocycles. The Morgan fingerprint density at radius 2 is 1.94 bits per heavy atom. The molecule has 1 atom stereocenters. The quantitative estimate of drug-likeness (QED) is 0.885. The van der Waals surface area contributed by atoms with Crippen molar-refractivity contribution in [1.82, 2.24) is 0 Å². The van der Waals surface area contributed by atoms with Gasteiger partial charge in [0.15, 0.2) is 0 Å². The highest BCUT2D eigenvalue weighted by Crippen LogP contribution is 2.35. The van der Waals surface area contributed by atoms with Crippen LogP contribution in [0.15, 0.2) is 18.2 Å². The molecule has 0 saturated heterocycles. The molecular weight excluding hydrogens is 250 g/mol. The van der Waals surface area contributed by atoms with Gasteiger partial charge >= 0.3 is 0 Å². The summed E-state index contributed by atoms with van der Waals surface area (Å²) in [6.07, 6.45) is 0.413. The summed E-state index contributed by atoms with van der Waals surface area (Å²) >= 11 is 5.99. The fourth-order valence-electron chi connectivity index (χ4n) is 1.84. The molecule has 18 heavy (non-hydrogen) atoms. The summed E-state index contributed by atoms with van der Waals surface area (Å²) in [5, 5.41) is 11.3. The SMILES string of the molecule is COc1ccc(Cl)cc1CC(O)(CN)C(C)(C)C. The number of aliphatic hydroxyl groups is 1. The van der Waals surface area contributed by atoms with E-state index in [0.29, 0.717) is 11.4 Å². The van der Waals surface area contributed by atoms with Gasteiger partial charge < -0.3 is 15.6 Å². The Kier molecular flexibility index (Phi) is 4.65. The van der Waals surface area contributed by atoms with E-state index in [2.05, 4.69) is 0 Å². The molecule has 1 aromatic rings. The first-order valence-corrected chi connectivity index (χ1v) is 6.36. The van der Waals surface area contributed by atoms with Crippen LogP contribution in [-0.2, 0) is 6.42 Å². The van der Waals surface area contributed by atoms with E-state index in [1.807, 2.05) is 26.8 Å². The summed E-state index contributed by atoms with van der Waals surface area (Å²) in [6, 6.07) is 5.38. The number of hydrogen-bond acceptors (Lipinski definition) is 3. The summed E-state index contributed by atoms with van der Waals surface area (Å²) in [5.41, 5.74) is 5.30. The van der Waals surface area contributed by atoms with Gasteiger partial charge in [0.25, 0.3) is 0 Å². The van der Waals surface area contributed by atoms with Crippen LogP contribution in [0.5, 0.6) is 5.75 Å². The van der Waals surface area contributed by atoms with Gasteiger partial charge in [-0.3, -0.25) is 0 Å². The highest BCUT2D eigenvalue weighted by Gasteiger charge is 2.39. The fraction of sp³-hybridized carbons (Fsp3) is 0.571. The van der Waals surface area contributed by atoms with Gasteiger partial charge in [-0.15, -0.1) is 0 Å². The molecule has 102 valence electrons. The third-order valence-corrected chi connectivity index (χ3v) is 3.69. The number of nitrogens with two attached hydrogens (primary N) is 1. The molecule has 3 N–H and O–H groups in total. The molecule has 0 aliphatic rings. The second kappa shape index (κ2) is 5.47. The molecule has 0 bridgehead atoms. The van der Waals surface area contributed by atoms with E-state index < -0.39 is 5.60 Å². The summed E-state index contributed by atoms with van der Waals surface area (Å²) < 4.78 is 5.29. The summed E-state index contributed by atoms with van der Waals surface area (Å²) in [4.78, 5) is 0. The molecule has 0 radical (unpaired) electrons. The van der Waals surface area contributed by atoms with Crippen molar-refractivity contribution in [2.45, 2.75) is 32.8 Å². The Morgan fingerprint density at radius 1 is 1.33 bits per heavy atom. The Bertz CT molecular complexity index is 415. The molecule has 0 aliphatic carbocycles. The van der Waals surface area contributed by atoms with Gasteiger partial charge in [-0.2, -0.15) is 0 Å². The first kappa shape index (κ1) is 15.3. The predicted octanol–water partition coefficient (Wildman–Crippen LogP) is 2.63. The van der Waals surface area contributed by atoms with Crippen LogP contribution in [0.1, 0.15) is 26.3 Å². The van der Waals surface area contributed by atoms with Crippen molar-refractivity contribution in [1.29, 1.82) is 0 Å². The van der Waals surface area contributed by atoms with E-state index in [-0.39, 0.29) is 12.0 Å². The smallest absolute Gasteiger partial charge is 0.122 e. The number of hydrogen-bond donors (Lipinski definition) is 2. The minimum atomic E-state index is -0.995. The first-order chi connectivity index (χ1) is 8.23. The minimum Gasteiger partial charge on any atom is -0.496 e. The Hall–Kier alpha value is -0.770. The monoisotopic (exact) mass is 271 g/mol. The lowest BCUT2D eigenvalue weighted by molar-refractivity contribution is -0.0493. The maximum absolute atomic E-state index is 10.7. The number of halogens is 1. The zero-order valence-corrected chi connectivity index (χ0v) is 12.2. The highest BCUT2D eigenvalue weighted by molar-refractivity contribution is 6.30. The molecule has 0 amide bonds. The number of ether oxygens (including phenoxy) is 1. The lowest BCUT2D eigenvalue weighted by atomic mass is 9.73. The molecule has 0 fully saturated rings. The minimum absolute atomic E-state index is 0.187. The Labute approximate surface area is 114 Å². The van der Waals surface area contributed by atoms with Gasteiger partial charge in [0.1, 0.15) is 5.75 Å². The maximum atomic E-state index is 10.7. The average Bonchev–Trinajstić information content (AvgIpc) is 2.27. The van der Waals surface area contributed by atoms with E-state index in [1.165, 1.54) is 0 Å². The zero-order valence-electron chi connectivity index (χ0n) is 11.5. The van der Waals surface area contributed by atoms with Crippen molar-refractivity contribution in [3.05, 3.63) is 28.8 Å².